The van der Waals surface area contributed by atoms with Crippen molar-refractivity contribution in [2.75, 3.05) is 53.5 Å². The number of benzene rings is 2. The van der Waals surface area contributed by atoms with Crippen LogP contribution in [0.25, 0.3) is 0 Å². The summed E-state index contributed by atoms with van der Waals surface area (Å²) in [5, 5.41) is 6.50. The summed E-state index contributed by atoms with van der Waals surface area (Å²) in [6.45, 7) is 3.75. The van der Waals surface area contributed by atoms with E-state index in [4.69, 9.17) is 23.7 Å². The molecule has 8 nitrogen and oxygen atoms in total. The zero-order valence-electron chi connectivity index (χ0n) is 18.3. The number of ether oxygens (including phenoxy) is 5. The fraction of sp³-hybridized carbons (Fsp3) is 0.409. The van der Waals surface area contributed by atoms with Crippen LogP contribution in [0.4, 0.5) is 5.69 Å². The second-order valence-corrected chi connectivity index (χ2v) is 6.17. The van der Waals surface area contributed by atoms with Crippen LogP contribution in [0.1, 0.15) is 13.3 Å². The SMILES string of the molecule is CCOc1ccc(NC(=NC)NCCCOc2cc(OC)cc(OC)c2)cc1OC. The van der Waals surface area contributed by atoms with Gasteiger partial charge in [0.05, 0.1) is 34.5 Å². The largest absolute Gasteiger partial charge is 0.496 e. The molecule has 2 aromatic rings. The summed E-state index contributed by atoms with van der Waals surface area (Å²) < 4.78 is 27.2. The fourth-order valence-electron chi connectivity index (χ4n) is 2.67. The van der Waals surface area contributed by atoms with Crippen LogP contribution in [0, 0.1) is 0 Å². The number of rotatable bonds is 11. The van der Waals surface area contributed by atoms with E-state index < -0.39 is 0 Å². The maximum atomic E-state index is 5.80. The molecule has 0 bridgehead atoms. The minimum absolute atomic E-state index is 0.539. The minimum atomic E-state index is 0.539. The van der Waals surface area contributed by atoms with Crippen LogP contribution in [0.15, 0.2) is 41.4 Å². The molecule has 0 fully saturated rings. The van der Waals surface area contributed by atoms with Crippen molar-refractivity contribution < 1.29 is 23.7 Å². The third kappa shape index (κ3) is 6.95. The Hall–Kier alpha value is -3.29. The highest BCUT2D eigenvalue weighted by atomic mass is 16.5. The van der Waals surface area contributed by atoms with Gasteiger partial charge >= 0.3 is 0 Å². The molecule has 2 N–H and O–H groups in total. The smallest absolute Gasteiger partial charge is 0.195 e. The van der Waals surface area contributed by atoms with Gasteiger partial charge in [-0.25, -0.2) is 0 Å². The molecule has 30 heavy (non-hydrogen) atoms. The van der Waals surface area contributed by atoms with Gasteiger partial charge in [-0.3, -0.25) is 4.99 Å². The fourth-order valence-corrected chi connectivity index (χ4v) is 2.67. The molecule has 0 heterocycles. The number of methoxy groups -OCH3 is 3. The molecule has 8 heteroatoms. The Morgan fingerprint density at radius 2 is 1.57 bits per heavy atom. The maximum Gasteiger partial charge on any atom is 0.195 e. The van der Waals surface area contributed by atoms with Crippen molar-refractivity contribution in [2.24, 2.45) is 4.99 Å². The van der Waals surface area contributed by atoms with Crippen LogP contribution in [-0.2, 0) is 0 Å². The number of nitrogens with zero attached hydrogens (tertiary/aromatic N) is 1. The van der Waals surface area contributed by atoms with Crippen molar-refractivity contribution >= 4 is 11.6 Å². The van der Waals surface area contributed by atoms with Crippen LogP contribution >= 0.6 is 0 Å². The molecule has 0 aliphatic heterocycles. The quantitative estimate of drug-likeness (QED) is 0.329. The van der Waals surface area contributed by atoms with E-state index in [2.05, 4.69) is 15.6 Å². The lowest BCUT2D eigenvalue weighted by Gasteiger charge is -2.15. The average molecular weight is 418 g/mol. The number of nitrogens with one attached hydrogen (secondary N) is 2. The summed E-state index contributed by atoms with van der Waals surface area (Å²) in [7, 11) is 6.56. The number of guanidine groups is 1. The summed E-state index contributed by atoms with van der Waals surface area (Å²) in [4.78, 5) is 4.25. The van der Waals surface area contributed by atoms with Crippen LogP contribution in [-0.4, -0.2) is 54.1 Å². The van der Waals surface area contributed by atoms with Gasteiger partial charge in [-0.2, -0.15) is 0 Å². The summed E-state index contributed by atoms with van der Waals surface area (Å²) in [6.07, 6.45) is 0.785. The number of hydrogen-bond donors (Lipinski definition) is 2. The Kier molecular flexibility index (Phi) is 9.44. The molecular formula is C22H31N3O5. The highest BCUT2D eigenvalue weighted by Gasteiger charge is 2.07. The molecule has 0 saturated carbocycles. The minimum Gasteiger partial charge on any atom is -0.496 e. The molecule has 164 valence electrons. The van der Waals surface area contributed by atoms with Crippen molar-refractivity contribution in [3.05, 3.63) is 36.4 Å². The zero-order valence-corrected chi connectivity index (χ0v) is 18.3. The summed E-state index contributed by atoms with van der Waals surface area (Å²) in [5.41, 5.74) is 0.850. The van der Waals surface area contributed by atoms with E-state index >= 15 is 0 Å². The van der Waals surface area contributed by atoms with Crippen LogP contribution in [0.3, 0.4) is 0 Å². The molecule has 0 radical (unpaired) electrons. The van der Waals surface area contributed by atoms with Gasteiger partial charge in [0, 0.05) is 43.5 Å². The maximum absolute atomic E-state index is 5.80. The Labute approximate surface area is 178 Å². The summed E-state index contributed by atoms with van der Waals surface area (Å²) in [6, 6.07) is 11.1. The highest BCUT2D eigenvalue weighted by Crippen LogP contribution is 2.30. The highest BCUT2D eigenvalue weighted by molar-refractivity contribution is 5.93. The Morgan fingerprint density at radius 3 is 2.17 bits per heavy atom. The normalized spacial score (nSPS) is 10.9. The van der Waals surface area contributed by atoms with E-state index in [1.807, 2.05) is 37.3 Å². The number of aliphatic imine (C=N–C) groups is 1. The van der Waals surface area contributed by atoms with Crippen molar-refractivity contribution in [1.29, 1.82) is 0 Å². The number of anilines is 1. The van der Waals surface area contributed by atoms with E-state index in [0.29, 0.717) is 54.5 Å². The summed E-state index contributed by atoms with van der Waals surface area (Å²) >= 11 is 0. The first-order chi connectivity index (χ1) is 14.6. The first-order valence-electron chi connectivity index (χ1n) is 9.77. The van der Waals surface area contributed by atoms with Crippen LogP contribution in [0.5, 0.6) is 28.7 Å². The average Bonchev–Trinajstić information content (AvgIpc) is 2.78. The van der Waals surface area contributed by atoms with Gasteiger partial charge in [-0.1, -0.05) is 0 Å². The van der Waals surface area contributed by atoms with E-state index in [1.165, 1.54) is 0 Å². The lowest BCUT2D eigenvalue weighted by molar-refractivity contribution is 0.305. The molecule has 0 aliphatic rings. The second kappa shape index (κ2) is 12.3. The monoisotopic (exact) mass is 417 g/mol. The van der Waals surface area contributed by atoms with Gasteiger partial charge in [-0.05, 0) is 25.5 Å². The van der Waals surface area contributed by atoms with Gasteiger partial charge in [0.15, 0.2) is 17.5 Å². The standard InChI is InChI=1S/C22H31N3O5/c1-6-29-20-9-8-16(12-21(20)28-5)25-22(23-2)24-10-7-11-30-19-14-17(26-3)13-18(15-19)27-4/h8-9,12-15H,6-7,10-11H2,1-5H3,(H2,23,24,25). The predicted octanol–water partition coefficient (Wildman–Crippen LogP) is 3.57. The third-order valence-corrected chi connectivity index (χ3v) is 4.16. The van der Waals surface area contributed by atoms with E-state index in [9.17, 15) is 0 Å². The van der Waals surface area contributed by atoms with Gasteiger partial charge < -0.3 is 34.3 Å². The topological polar surface area (TPSA) is 82.6 Å². The Balaban J connectivity index is 1.81. The van der Waals surface area contributed by atoms with Gasteiger partial charge in [0.25, 0.3) is 0 Å². The van der Waals surface area contributed by atoms with E-state index in [1.54, 1.807) is 34.4 Å². The molecule has 0 amide bonds. The molecule has 2 aromatic carbocycles. The molecule has 0 atom stereocenters. The van der Waals surface area contributed by atoms with Gasteiger partial charge in [0.1, 0.15) is 17.2 Å². The summed E-state index contributed by atoms with van der Waals surface area (Å²) in [5.74, 6) is 4.12. The van der Waals surface area contributed by atoms with Crippen molar-refractivity contribution in [1.82, 2.24) is 5.32 Å². The molecule has 2 rings (SSSR count). The lowest BCUT2D eigenvalue weighted by atomic mass is 10.2. The first kappa shape index (κ1) is 23.0. The zero-order chi connectivity index (χ0) is 21.8. The molecule has 0 spiro atoms. The Morgan fingerprint density at radius 1 is 0.867 bits per heavy atom. The molecule has 0 aromatic heterocycles. The molecule has 0 saturated heterocycles. The van der Waals surface area contributed by atoms with Crippen LogP contribution in [0.2, 0.25) is 0 Å². The van der Waals surface area contributed by atoms with Crippen molar-refractivity contribution in [3.8, 4) is 28.7 Å². The van der Waals surface area contributed by atoms with E-state index in [-0.39, 0.29) is 0 Å². The molecular weight excluding hydrogens is 386 g/mol. The number of hydrogen-bond acceptors (Lipinski definition) is 6. The third-order valence-electron chi connectivity index (χ3n) is 4.16. The van der Waals surface area contributed by atoms with Gasteiger partial charge in [-0.15, -0.1) is 0 Å². The van der Waals surface area contributed by atoms with E-state index in [0.717, 1.165) is 12.1 Å². The lowest BCUT2D eigenvalue weighted by Crippen LogP contribution is -2.32. The van der Waals surface area contributed by atoms with Crippen molar-refractivity contribution in [2.45, 2.75) is 13.3 Å². The molecule has 0 aliphatic carbocycles. The van der Waals surface area contributed by atoms with Gasteiger partial charge in [0.2, 0.25) is 0 Å². The predicted molar refractivity (Wildman–Crippen MR) is 119 cm³/mol. The molecule has 0 unspecified atom stereocenters. The Bertz CT molecular complexity index is 804. The van der Waals surface area contributed by atoms with Crippen LogP contribution < -0.4 is 34.3 Å². The first-order valence-corrected chi connectivity index (χ1v) is 9.77. The second-order valence-electron chi connectivity index (χ2n) is 6.17. The van der Waals surface area contributed by atoms with Crippen molar-refractivity contribution in [3.63, 3.8) is 0 Å².